The molecule has 114 valence electrons. The SMILES string of the molecule is CCSc1ccc(C(O)Cc2c(Cl)c(C)nn2CC)cc1. The summed E-state index contributed by atoms with van der Waals surface area (Å²) >= 11 is 8.09. The van der Waals surface area contributed by atoms with E-state index >= 15 is 0 Å². The molecule has 0 fully saturated rings. The van der Waals surface area contributed by atoms with E-state index in [1.165, 1.54) is 4.90 Å². The number of aliphatic hydroxyl groups is 1. The first-order valence-electron chi connectivity index (χ1n) is 7.19. The standard InChI is InChI=1S/C16H21ClN2OS/c1-4-19-14(16(17)11(3)18-19)10-15(20)12-6-8-13(9-7-12)21-5-2/h6-9,15,20H,4-5,10H2,1-3H3. The average Bonchev–Trinajstić information content (AvgIpc) is 2.76. The third-order valence-electron chi connectivity index (χ3n) is 3.42. The lowest BCUT2D eigenvalue weighted by atomic mass is 10.0. The van der Waals surface area contributed by atoms with Crippen LogP contribution in [-0.2, 0) is 13.0 Å². The Morgan fingerprint density at radius 1 is 1.29 bits per heavy atom. The number of halogens is 1. The molecule has 3 nitrogen and oxygen atoms in total. The van der Waals surface area contributed by atoms with E-state index in [0.29, 0.717) is 11.4 Å². The van der Waals surface area contributed by atoms with Gasteiger partial charge in [0.1, 0.15) is 0 Å². The van der Waals surface area contributed by atoms with Gasteiger partial charge in [0.15, 0.2) is 0 Å². The van der Waals surface area contributed by atoms with E-state index < -0.39 is 6.10 Å². The lowest BCUT2D eigenvalue weighted by molar-refractivity contribution is 0.175. The second-order valence-electron chi connectivity index (χ2n) is 4.88. The van der Waals surface area contributed by atoms with E-state index in [9.17, 15) is 5.11 Å². The number of aromatic nitrogens is 2. The Labute approximate surface area is 135 Å². The van der Waals surface area contributed by atoms with E-state index in [1.54, 1.807) is 11.8 Å². The summed E-state index contributed by atoms with van der Waals surface area (Å²) in [7, 11) is 0. The summed E-state index contributed by atoms with van der Waals surface area (Å²) in [5.41, 5.74) is 2.62. The third-order valence-corrected chi connectivity index (χ3v) is 4.80. The zero-order valence-electron chi connectivity index (χ0n) is 12.6. The molecule has 1 heterocycles. The van der Waals surface area contributed by atoms with Crippen LogP contribution < -0.4 is 0 Å². The number of thioether (sulfide) groups is 1. The second-order valence-corrected chi connectivity index (χ2v) is 6.60. The molecule has 1 N–H and O–H groups in total. The highest BCUT2D eigenvalue weighted by Crippen LogP contribution is 2.27. The van der Waals surface area contributed by atoms with Gasteiger partial charge in [-0.1, -0.05) is 30.7 Å². The van der Waals surface area contributed by atoms with Crippen molar-refractivity contribution in [3.63, 3.8) is 0 Å². The van der Waals surface area contributed by atoms with Gasteiger partial charge in [0.25, 0.3) is 0 Å². The molecule has 0 bridgehead atoms. The zero-order valence-corrected chi connectivity index (χ0v) is 14.2. The van der Waals surface area contributed by atoms with Crippen molar-refractivity contribution in [2.24, 2.45) is 0 Å². The van der Waals surface area contributed by atoms with Gasteiger partial charge in [-0.3, -0.25) is 4.68 Å². The largest absolute Gasteiger partial charge is 0.388 e. The molecule has 0 saturated heterocycles. The quantitative estimate of drug-likeness (QED) is 0.807. The van der Waals surface area contributed by atoms with E-state index in [-0.39, 0.29) is 0 Å². The fraction of sp³-hybridized carbons (Fsp3) is 0.438. The van der Waals surface area contributed by atoms with Crippen molar-refractivity contribution < 1.29 is 5.11 Å². The predicted molar refractivity (Wildman–Crippen MR) is 89.2 cm³/mol. The summed E-state index contributed by atoms with van der Waals surface area (Å²) < 4.78 is 1.86. The number of aliphatic hydroxyl groups excluding tert-OH is 1. The van der Waals surface area contributed by atoms with Crippen molar-refractivity contribution >= 4 is 23.4 Å². The van der Waals surface area contributed by atoms with E-state index in [2.05, 4.69) is 24.2 Å². The fourth-order valence-electron chi connectivity index (χ4n) is 2.32. The Morgan fingerprint density at radius 2 is 1.95 bits per heavy atom. The Morgan fingerprint density at radius 3 is 2.52 bits per heavy atom. The highest BCUT2D eigenvalue weighted by molar-refractivity contribution is 7.99. The Bertz CT molecular complexity index is 595. The van der Waals surface area contributed by atoms with Crippen molar-refractivity contribution in [3.05, 3.63) is 46.2 Å². The summed E-state index contributed by atoms with van der Waals surface area (Å²) in [6, 6.07) is 8.07. The van der Waals surface area contributed by atoms with Crippen LogP contribution in [0.5, 0.6) is 0 Å². The maximum Gasteiger partial charge on any atom is 0.0848 e. The van der Waals surface area contributed by atoms with Gasteiger partial charge in [-0.2, -0.15) is 5.10 Å². The van der Waals surface area contributed by atoms with Crippen LogP contribution in [-0.4, -0.2) is 20.6 Å². The van der Waals surface area contributed by atoms with Crippen LogP contribution in [0, 0.1) is 6.92 Å². The van der Waals surface area contributed by atoms with Crippen molar-refractivity contribution in [2.45, 2.75) is 44.7 Å². The van der Waals surface area contributed by atoms with Crippen molar-refractivity contribution in [2.75, 3.05) is 5.75 Å². The molecule has 5 heteroatoms. The number of nitrogens with zero attached hydrogens (tertiary/aromatic N) is 2. The van der Waals surface area contributed by atoms with Crippen LogP contribution in [0.2, 0.25) is 5.02 Å². The summed E-state index contributed by atoms with van der Waals surface area (Å²) in [6.45, 7) is 6.79. The van der Waals surface area contributed by atoms with Crippen molar-refractivity contribution in [1.29, 1.82) is 0 Å². The van der Waals surface area contributed by atoms with Gasteiger partial charge < -0.3 is 5.11 Å². The number of rotatable bonds is 6. The molecule has 2 rings (SSSR count). The predicted octanol–water partition coefficient (Wildman–Crippen LogP) is 4.25. The first-order valence-corrected chi connectivity index (χ1v) is 8.55. The van der Waals surface area contributed by atoms with E-state index in [1.807, 2.05) is 30.7 Å². The van der Waals surface area contributed by atoms with Gasteiger partial charge >= 0.3 is 0 Å². The molecule has 1 unspecified atom stereocenters. The van der Waals surface area contributed by atoms with E-state index in [4.69, 9.17) is 11.6 Å². The average molecular weight is 325 g/mol. The Hall–Kier alpha value is -0.970. The van der Waals surface area contributed by atoms with Crippen LogP contribution in [0.1, 0.15) is 36.9 Å². The summed E-state index contributed by atoms with van der Waals surface area (Å²) in [6.07, 6.45) is -0.0853. The lowest BCUT2D eigenvalue weighted by Gasteiger charge is -2.13. The number of hydrogen-bond donors (Lipinski definition) is 1. The first-order chi connectivity index (χ1) is 10.1. The van der Waals surface area contributed by atoms with Crippen molar-refractivity contribution in [3.8, 4) is 0 Å². The zero-order chi connectivity index (χ0) is 15.4. The van der Waals surface area contributed by atoms with Crippen LogP contribution in [0.4, 0.5) is 0 Å². The number of aryl methyl sites for hydroxylation is 2. The van der Waals surface area contributed by atoms with Crippen LogP contribution >= 0.6 is 23.4 Å². The van der Waals surface area contributed by atoms with Gasteiger partial charge in [-0.05, 0) is 37.3 Å². The Kier molecular flexibility index (Phi) is 5.73. The maximum atomic E-state index is 10.4. The maximum absolute atomic E-state index is 10.4. The molecule has 2 aromatic rings. The Balaban J connectivity index is 2.15. The minimum absolute atomic E-state index is 0.480. The molecule has 0 saturated carbocycles. The highest BCUT2D eigenvalue weighted by Gasteiger charge is 2.17. The highest BCUT2D eigenvalue weighted by atomic mass is 35.5. The molecule has 0 spiro atoms. The van der Waals surface area contributed by atoms with Crippen LogP contribution in [0.15, 0.2) is 29.2 Å². The molecule has 0 amide bonds. The third kappa shape index (κ3) is 3.82. The topological polar surface area (TPSA) is 38.1 Å². The smallest absolute Gasteiger partial charge is 0.0848 e. The molecule has 1 atom stereocenters. The molecular formula is C16H21ClN2OS. The van der Waals surface area contributed by atoms with Gasteiger partial charge in [0.2, 0.25) is 0 Å². The van der Waals surface area contributed by atoms with E-state index in [0.717, 1.165) is 29.2 Å². The molecular weight excluding hydrogens is 304 g/mol. The fourth-order valence-corrected chi connectivity index (χ4v) is 3.19. The minimum atomic E-state index is -0.565. The van der Waals surface area contributed by atoms with Crippen LogP contribution in [0.3, 0.4) is 0 Å². The molecule has 0 aliphatic heterocycles. The van der Waals surface area contributed by atoms with Gasteiger partial charge in [-0.25, -0.2) is 0 Å². The van der Waals surface area contributed by atoms with Gasteiger partial charge in [0.05, 0.1) is 22.5 Å². The van der Waals surface area contributed by atoms with Crippen molar-refractivity contribution in [1.82, 2.24) is 9.78 Å². The summed E-state index contributed by atoms with van der Waals surface area (Å²) in [5, 5.41) is 15.5. The number of benzene rings is 1. The molecule has 1 aromatic heterocycles. The summed E-state index contributed by atoms with van der Waals surface area (Å²) in [4.78, 5) is 1.22. The lowest BCUT2D eigenvalue weighted by Crippen LogP contribution is -2.08. The van der Waals surface area contributed by atoms with Crippen LogP contribution in [0.25, 0.3) is 0 Å². The van der Waals surface area contributed by atoms with Gasteiger partial charge in [-0.15, -0.1) is 11.8 Å². The molecule has 0 radical (unpaired) electrons. The monoisotopic (exact) mass is 324 g/mol. The number of hydrogen-bond acceptors (Lipinski definition) is 3. The van der Waals surface area contributed by atoms with Gasteiger partial charge in [0, 0.05) is 17.9 Å². The second kappa shape index (κ2) is 7.34. The first kappa shape index (κ1) is 16.4. The molecule has 21 heavy (non-hydrogen) atoms. The minimum Gasteiger partial charge on any atom is -0.388 e. The molecule has 0 aliphatic carbocycles. The summed E-state index contributed by atoms with van der Waals surface area (Å²) in [5.74, 6) is 1.05. The molecule has 1 aromatic carbocycles. The molecule has 0 aliphatic rings. The normalized spacial score (nSPS) is 12.6.